The van der Waals surface area contributed by atoms with Gasteiger partial charge in [-0.2, -0.15) is 0 Å². The van der Waals surface area contributed by atoms with Crippen molar-refractivity contribution < 1.29 is 18.7 Å². The van der Waals surface area contributed by atoms with Crippen LogP contribution in [0.1, 0.15) is 33.7 Å². The zero-order chi connectivity index (χ0) is 28.5. The number of methoxy groups -OCH3 is 1. The van der Waals surface area contributed by atoms with Crippen LogP contribution in [-0.2, 0) is 22.6 Å². The normalized spacial score (nSPS) is 11.3. The van der Waals surface area contributed by atoms with E-state index in [0.717, 1.165) is 44.5 Å². The van der Waals surface area contributed by atoms with Crippen molar-refractivity contribution in [2.75, 3.05) is 7.11 Å². The Labute approximate surface area is 235 Å². The summed E-state index contributed by atoms with van der Waals surface area (Å²) in [7, 11) is 1.36. The van der Waals surface area contributed by atoms with E-state index in [9.17, 15) is 14.0 Å². The van der Waals surface area contributed by atoms with E-state index in [2.05, 4.69) is 14.5 Å². The van der Waals surface area contributed by atoms with Crippen molar-refractivity contribution in [3.63, 3.8) is 0 Å². The third-order valence-corrected chi connectivity index (χ3v) is 7.39. The van der Waals surface area contributed by atoms with Gasteiger partial charge in [0.1, 0.15) is 17.2 Å². The Morgan fingerprint density at radius 2 is 1.68 bits per heavy atom. The average molecular weight is 547 g/mol. The molecule has 0 saturated heterocycles. The molecule has 204 valence electrons. The van der Waals surface area contributed by atoms with Crippen LogP contribution in [0.5, 0.6) is 0 Å². The van der Waals surface area contributed by atoms with Crippen LogP contribution in [0.2, 0.25) is 0 Å². The summed E-state index contributed by atoms with van der Waals surface area (Å²) >= 11 is 0. The number of imidazole rings is 1. The fourth-order valence-electron chi connectivity index (χ4n) is 5.19. The Balaban J connectivity index is 1.32. The Morgan fingerprint density at radius 1 is 0.927 bits per heavy atom. The van der Waals surface area contributed by atoms with Crippen LogP contribution in [0.3, 0.4) is 0 Å². The number of esters is 1. The molecule has 0 atom stereocenters. The summed E-state index contributed by atoms with van der Waals surface area (Å²) in [6.07, 6.45) is 5.48. The molecule has 0 unspecified atom stereocenters. The first-order chi connectivity index (χ1) is 19.9. The number of nitrogens with zero attached hydrogens (tertiary/aromatic N) is 4. The van der Waals surface area contributed by atoms with Crippen LogP contribution in [0.15, 0.2) is 91.4 Å². The van der Waals surface area contributed by atoms with E-state index >= 15 is 0 Å². The van der Waals surface area contributed by atoms with Gasteiger partial charge < -0.3 is 13.9 Å². The first kappa shape index (κ1) is 26.1. The van der Waals surface area contributed by atoms with E-state index < -0.39 is 0 Å². The van der Waals surface area contributed by atoms with Crippen LogP contribution < -0.4 is 0 Å². The Kier molecular flexibility index (Phi) is 6.89. The van der Waals surface area contributed by atoms with E-state index in [0.29, 0.717) is 24.2 Å². The van der Waals surface area contributed by atoms with Crippen molar-refractivity contribution >= 4 is 33.7 Å². The second-order valence-corrected chi connectivity index (χ2v) is 9.94. The fraction of sp³-hybridized carbons (Fsp3) is 0.152. The van der Waals surface area contributed by atoms with Crippen molar-refractivity contribution in [2.24, 2.45) is 0 Å². The number of fused-ring (bicyclic) bond motifs is 2. The first-order valence-electron chi connectivity index (χ1n) is 13.3. The fourth-order valence-corrected chi connectivity index (χ4v) is 5.19. The number of benzene rings is 3. The molecule has 41 heavy (non-hydrogen) atoms. The van der Waals surface area contributed by atoms with Gasteiger partial charge >= 0.3 is 5.97 Å². The van der Waals surface area contributed by atoms with Gasteiger partial charge in [-0.1, -0.05) is 48.5 Å². The smallest absolute Gasteiger partial charge is 0.307 e. The third kappa shape index (κ3) is 5.12. The lowest BCUT2D eigenvalue weighted by Gasteiger charge is -2.08. The maximum atomic E-state index is 13.7. The maximum Gasteiger partial charge on any atom is 0.307 e. The van der Waals surface area contributed by atoms with Gasteiger partial charge in [0, 0.05) is 47.5 Å². The maximum absolute atomic E-state index is 13.7. The van der Waals surface area contributed by atoms with Crippen molar-refractivity contribution in [2.45, 2.75) is 26.4 Å². The minimum absolute atomic E-state index is 0.108. The summed E-state index contributed by atoms with van der Waals surface area (Å²) in [5.41, 5.74) is 6.58. The van der Waals surface area contributed by atoms with Gasteiger partial charge in [-0.25, -0.2) is 9.37 Å². The highest BCUT2D eigenvalue weighted by molar-refractivity contribution is 6.16. The molecular weight excluding hydrogens is 519 g/mol. The Morgan fingerprint density at radius 3 is 2.44 bits per heavy atom. The summed E-state index contributed by atoms with van der Waals surface area (Å²) in [6, 6.07) is 21.6. The zero-order valence-electron chi connectivity index (χ0n) is 22.7. The van der Waals surface area contributed by atoms with Crippen LogP contribution in [0, 0.1) is 12.7 Å². The quantitative estimate of drug-likeness (QED) is 0.164. The number of ether oxygens (including phenoxy) is 1. The Bertz CT molecular complexity index is 1900. The lowest BCUT2D eigenvalue weighted by molar-refractivity contribution is -0.140. The minimum Gasteiger partial charge on any atom is -0.469 e. The van der Waals surface area contributed by atoms with Crippen molar-refractivity contribution in [3.05, 3.63) is 120 Å². The van der Waals surface area contributed by atoms with Crippen molar-refractivity contribution in [1.29, 1.82) is 0 Å². The molecule has 0 aliphatic rings. The molecule has 3 aromatic carbocycles. The van der Waals surface area contributed by atoms with Gasteiger partial charge in [0.05, 0.1) is 25.2 Å². The molecule has 0 N–H and O–H groups in total. The molecule has 0 aliphatic carbocycles. The number of pyridine rings is 1. The number of halogens is 1. The molecule has 0 fully saturated rings. The van der Waals surface area contributed by atoms with Gasteiger partial charge in [-0.15, -0.1) is 0 Å². The highest BCUT2D eigenvalue weighted by Crippen LogP contribution is 2.30. The standard InChI is InChI=1S/C33H27FN4O3/c1-21-36-29-18-35-15-13-30(29)38(21)19-22-3-5-24(6-4-22)33(40)28-20-37(16-14-32(39)41-2)31-17-25(9-12-27(28)31)23-7-10-26(34)11-8-23/h3-13,15,17-18,20H,14,16,19H2,1-2H3. The molecule has 0 amide bonds. The number of carbonyl (C=O) groups is 2. The second-order valence-electron chi connectivity index (χ2n) is 9.94. The van der Waals surface area contributed by atoms with E-state index in [-0.39, 0.29) is 24.0 Å². The number of aromatic nitrogens is 4. The van der Waals surface area contributed by atoms with Crippen LogP contribution in [-0.4, -0.2) is 38.0 Å². The average Bonchev–Trinajstić information content (AvgIpc) is 3.52. The van der Waals surface area contributed by atoms with E-state index in [1.165, 1.54) is 19.2 Å². The number of carbonyl (C=O) groups excluding carboxylic acids is 2. The molecule has 6 aromatic rings. The van der Waals surface area contributed by atoms with Crippen LogP contribution in [0.4, 0.5) is 4.39 Å². The molecule has 0 bridgehead atoms. The second kappa shape index (κ2) is 10.8. The topological polar surface area (TPSA) is 79.0 Å². The summed E-state index contributed by atoms with van der Waals surface area (Å²) in [4.78, 5) is 34.4. The minimum atomic E-state index is -0.331. The molecule has 0 saturated carbocycles. The molecule has 3 heterocycles. The summed E-state index contributed by atoms with van der Waals surface area (Å²) < 4.78 is 22.3. The summed E-state index contributed by atoms with van der Waals surface area (Å²) in [5, 5.41) is 0.781. The molecule has 8 heteroatoms. The number of ketones is 1. The predicted octanol–water partition coefficient (Wildman–Crippen LogP) is 6.34. The van der Waals surface area contributed by atoms with E-state index in [1.54, 1.807) is 30.7 Å². The monoisotopic (exact) mass is 546 g/mol. The Hall–Kier alpha value is -5.11. The highest BCUT2D eigenvalue weighted by atomic mass is 19.1. The molecule has 6 rings (SSSR count). The lowest BCUT2D eigenvalue weighted by Crippen LogP contribution is -2.06. The van der Waals surface area contributed by atoms with Crippen LogP contribution >= 0.6 is 0 Å². The number of hydrogen-bond donors (Lipinski definition) is 0. The van der Waals surface area contributed by atoms with Gasteiger partial charge in [-0.3, -0.25) is 14.6 Å². The van der Waals surface area contributed by atoms with Gasteiger partial charge in [0.25, 0.3) is 0 Å². The molecule has 0 radical (unpaired) electrons. The van der Waals surface area contributed by atoms with E-state index in [4.69, 9.17) is 4.74 Å². The third-order valence-electron chi connectivity index (χ3n) is 7.39. The largest absolute Gasteiger partial charge is 0.469 e. The number of rotatable bonds is 8. The van der Waals surface area contributed by atoms with Gasteiger partial charge in [-0.05, 0) is 47.9 Å². The van der Waals surface area contributed by atoms with Gasteiger partial charge in [0.2, 0.25) is 0 Å². The zero-order valence-corrected chi connectivity index (χ0v) is 22.7. The highest BCUT2D eigenvalue weighted by Gasteiger charge is 2.19. The summed E-state index contributed by atoms with van der Waals surface area (Å²) in [5.74, 6) is 0.152. The van der Waals surface area contributed by atoms with Gasteiger partial charge in [0.15, 0.2) is 5.78 Å². The van der Waals surface area contributed by atoms with Crippen molar-refractivity contribution in [3.8, 4) is 11.1 Å². The van der Waals surface area contributed by atoms with Crippen molar-refractivity contribution in [1.82, 2.24) is 19.1 Å². The number of hydrogen-bond acceptors (Lipinski definition) is 5. The predicted molar refractivity (Wildman–Crippen MR) is 155 cm³/mol. The summed E-state index contributed by atoms with van der Waals surface area (Å²) in [6.45, 7) is 2.95. The first-order valence-corrected chi connectivity index (χ1v) is 13.3. The molecule has 7 nitrogen and oxygen atoms in total. The molecule has 0 spiro atoms. The molecular formula is C33H27FN4O3. The van der Waals surface area contributed by atoms with Crippen LogP contribution in [0.25, 0.3) is 33.1 Å². The number of aryl methyl sites for hydroxylation is 2. The molecule has 3 aromatic heterocycles. The molecule has 0 aliphatic heterocycles. The lowest BCUT2D eigenvalue weighted by atomic mass is 9.99. The van der Waals surface area contributed by atoms with E-state index in [1.807, 2.05) is 60.0 Å². The SMILES string of the molecule is COC(=O)CCn1cc(C(=O)c2ccc(Cn3c(C)nc4cnccc43)cc2)c2ccc(-c3ccc(F)cc3)cc21.